The van der Waals surface area contributed by atoms with Gasteiger partial charge in [0.25, 0.3) is 0 Å². The fourth-order valence-electron chi connectivity index (χ4n) is 4.12. The molecule has 4 rings (SSSR count). The van der Waals surface area contributed by atoms with Crippen LogP contribution in [0.25, 0.3) is 0 Å². The topological polar surface area (TPSA) is 61.8 Å². The van der Waals surface area contributed by atoms with Crippen molar-refractivity contribution in [2.75, 3.05) is 0 Å². The van der Waals surface area contributed by atoms with Gasteiger partial charge in [-0.2, -0.15) is 0 Å². The minimum Gasteiger partial charge on any atom is -0.459 e. The molecule has 4 bridgehead atoms. The van der Waals surface area contributed by atoms with Crippen LogP contribution in [0.3, 0.4) is 0 Å². The van der Waals surface area contributed by atoms with E-state index in [1.54, 1.807) is 6.92 Å². The third kappa shape index (κ3) is 3.11. The normalized spacial score (nSPS) is 39.0. The molecule has 6 heteroatoms. The zero-order valence-electron chi connectivity index (χ0n) is 13.0. The Balaban J connectivity index is 1.63. The quantitative estimate of drug-likeness (QED) is 0.440. The molecular weight excluding hydrogens is 308 g/mol. The second kappa shape index (κ2) is 6.36. The molecule has 2 aliphatic heterocycles. The first kappa shape index (κ1) is 16.1. The van der Waals surface area contributed by atoms with Gasteiger partial charge in [0.15, 0.2) is 0 Å². The molecule has 4 aliphatic rings. The van der Waals surface area contributed by atoms with E-state index in [2.05, 4.69) is 0 Å². The van der Waals surface area contributed by atoms with Gasteiger partial charge in [-0.05, 0) is 50.9 Å². The summed E-state index contributed by atoms with van der Waals surface area (Å²) >= 11 is 5.87. The summed E-state index contributed by atoms with van der Waals surface area (Å²) in [5, 5.41) is -0.648. The standard InChI is InChI=1S/C16H23ClO5/c1-3-12(17)16(19)21-8(2)20-14-10-4-9-5-11(7-10)15(18)22-13(14)6-9/h8-14H,3-7H2,1-2H3. The van der Waals surface area contributed by atoms with Crippen LogP contribution >= 0.6 is 11.6 Å². The molecule has 0 N–H and O–H groups in total. The number of rotatable bonds is 5. The molecule has 2 heterocycles. The van der Waals surface area contributed by atoms with Crippen LogP contribution in [-0.2, 0) is 23.8 Å². The van der Waals surface area contributed by atoms with E-state index in [0.29, 0.717) is 18.3 Å². The second-order valence-corrected chi connectivity index (χ2v) is 7.25. The summed E-state index contributed by atoms with van der Waals surface area (Å²) in [5.74, 6) is 0.348. The Morgan fingerprint density at radius 1 is 1.36 bits per heavy atom. The van der Waals surface area contributed by atoms with Crippen LogP contribution in [0.15, 0.2) is 0 Å². The Morgan fingerprint density at radius 2 is 2.14 bits per heavy atom. The van der Waals surface area contributed by atoms with Gasteiger partial charge >= 0.3 is 11.9 Å². The van der Waals surface area contributed by atoms with E-state index < -0.39 is 17.6 Å². The van der Waals surface area contributed by atoms with Crippen molar-refractivity contribution < 1.29 is 23.8 Å². The highest BCUT2D eigenvalue weighted by molar-refractivity contribution is 6.29. The van der Waals surface area contributed by atoms with Gasteiger partial charge in [-0.3, -0.25) is 9.59 Å². The zero-order valence-corrected chi connectivity index (χ0v) is 13.8. The van der Waals surface area contributed by atoms with Gasteiger partial charge in [-0.1, -0.05) is 6.92 Å². The van der Waals surface area contributed by atoms with Crippen molar-refractivity contribution in [2.24, 2.45) is 17.8 Å². The average molecular weight is 331 g/mol. The highest BCUT2D eigenvalue weighted by Gasteiger charge is 2.51. The highest BCUT2D eigenvalue weighted by Crippen LogP contribution is 2.48. The maximum Gasteiger partial charge on any atom is 0.326 e. The lowest BCUT2D eigenvalue weighted by atomic mass is 9.67. The summed E-state index contributed by atoms with van der Waals surface area (Å²) in [5.41, 5.74) is 0. The average Bonchev–Trinajstić information content (AvgIpc) is 2.64. The molecule has 0 amide bonds. The Bertz CT molecular complexity index is 454. The van der Waals surface area contributed by atoms with Crippen molar-refractivity contribution in [1.82, 2.24) is 0 Å². The molecule has 124 valence electrons. The SMILES string of the molecule is CCC(Cl)C(=O)OC(C)OC1C2CC3CC(C2)C(=O)OC1C3. The van der Waals surface area contributed by atoms with Crippen LogP contribution in [0.4, 0.5) is 0 Å². The molecule has 2 saturated heterocycles. The van der Waals surface area contributed by atoms with E-state index in [-0.39, 0.29) is 24.1 Å². The summed E-state index contributed by atoms with van der Waals surface area (Å²) in [7, 11) is 0. The first-order chi connectivity index (χ1) is 10.5. The van der Waals surface area contributed by atoms with Gasteiger partial charge in [0.2, 0.25) is 6.29 Å². The van der Waals surface area contributed by atoms with Crippen LogP contribution in [-0.4, -0.2) is 35.8 Å². The fraction of sp³-hybridized carbons (Fsp3) is 0.875. The van der Waals surface area contributed by atoms with Crippen LogP contribution in [0.1, 0.15) is 46.0 Å². The van der Waals surface area contributed by atoms with E-state index in [1.807, 2.05) is 6.92 Å². The number of fused-ring (bicyclic) bond motifs is 1. The van der Waals surface area contributed by atoms with Crippen molar-refractivity contribution in [3.05, 3.63) is 0 Å². The zero-order chi connectivity index (χ0) is 15.9. The number of carbonyl (C=O) groups is 2. The smallest absolute Gasteiger partial charge is 0.326 e. The number of alkyl halides is 1. The van der Waals surface area contributed by atoms with Crippen molar-refractivity contribution in [1.29, 1.82) is 0 Å². The molecular formula is C16H23ClO5. The molecule has 0 aromatic rings. The van der Waals surface area contributed by atoms with Gasteiger partial charge in [0, 0.05) is 0 Å². The number of hydrogen-bond donors (Lipinski definition) is 0. The van der Waals surface area contributed by atoms with Gasteiger partial charge in [-0.15, -0.1) is 11.6 Å². The number of carbonyl (C=O) groups excluding carboxylic acids is 2. The summed E-state index contributed by atoms with van der Waals surface area (Å²) in [6.07, 6.45) is 3.16. The number of esters is 2. The summed E-state index contributed by atoms with van der Waals surface area (Å²) in [4.78, 5) is 23.8. The van der Waals surface area contributed by atoms with Gasteiger partial charge in [0.1, 0.15) is 17.6 Å². The Kier molecular flexibility index (Phi) is 4.64. The van der Waals surface area contributed by atoms with Crippen LogP contribution in [0, 0.1) is 17.8 Å². The highest BCUT2D eigenvalue weighted by atomic mass is 35.5. The molecule has 0 radical (unpaired) electrons. The van der Waals surface area contributed by atoms with E-state index >= 15 is 0 Å². The van der Waals surface area contributed by atoms with E-state index in [9.17, 15) is 9.59 Å². The maximum absolute atomic E-state index is 12.0. The van der Waals surface area contributed by atoms with Gasteiger partial charge in [-0.25, -0.2) is 0 Å². The fourth-order valence-corrected chi connectivity index (χ4v) is 4.17. The van der Waals surface area contributed by atoms with Crippen molar-refractivity contribution in [3.8, 4) is 0 Å². The third-order valence-corrected chi connectivity index (χ3v) is 5.57. The lowest BCUT2D eigenvalue weighted by molar-refractivity contribution is -0.214. The third-order valence-electron chi connectivity index (χ3n) is 5.08. The molecule has 7 atom stereocenters. The van der Waals surface area contributed by atoms with Crippen LogP contribution in [0.5, 0.6) is 0 Å². The summed E-state index contributed by atoms with van der Waals surface area (Å²) < 4.78 is 16.8. The summed E-state index contributed by atoms with van der Waals surface area (Å²) in [6, 6.07) is 0. The first-order valence-corrected chi connectivity index (χ1v) is 8.62. The number of ether oxygens (including phenoxy) is 3. The van der Waals surface area contributed by atoms with Crippen molar-refractivity contribution >= 4 is 23.5 Å². The Morgan fingerprint density at radius 3 is 2.86 bits per heavy atom. The van der Waals surface area contributed by atoms with E-state index in [1.165, 1.54) is 0 Å². The predicted octanol–water partition coefficient (Wildman–Crippen LogP) is 2.64. The first-order valence-electron chi connectivity index (χ1n) is 8.18. The number of halogens is 1. The molecule has 2 saturated carbocycles. The number of hydrogen-bond acceptors (Lipinski definition) is 5. The summed E-state index contributed by atoms with van der Waals surface area (Å²) in [6.45, 7) is 3.52. The van der Waals surface area contributed by atoms with E-state index in [4.69, 9.17) is 25.8 Å². The predicted molar refractivity (Wildman–Crippen MR) is 79.2 cm³/mol. The maximum atomic E-state index is 12.0. The van der Waals surface area contributed by atoms with Crippen LogP contribution in [0.2, 0.25) is 0 Å². The second-order valence-electron chi connectivity index (χ2n) is 6.72. The molecule has 0 aromatic carbocycles. The minimum atomic E-state index is -0.679. The van der Waals surface area contributed by atoms with Crippen molar-refractivity contribution in [2.45, 2.75) is 69.8 Å². The monoisotopic (exact) mass is 330 g/mol. The Labute approximate surface area is 135 Å². The molecule has 4 fully saturated rings. The molecule has 22 heavy (non-hydrogen) atoms. The molecule has 2 aliphatic carbocycles. The van der Waals surface area contributed by atoms with Gasteiger partial charge in [0.05, 0.1) is 5.92 Å². The molecule has 0 spiro atoms. The van der Waals surface area contributed by atoms with Crippen LogP contribution < -0.4 is 0 Å². The molecule has 0 aromatic heterocycles. The molecule has 7 unspecified atom stereocenters. The largest absolute Gasteiger partial charge is 0.459 e. The van der Waals surface area contributed by atoms with Gasteiger partial charge < -0.3 is 14.2 Å². The van der Waals surface area contributed by atoms with Crippen molar-refractivity contribution in [3.63, 3.8) is 0 Å². The minimum absolute atomic E-state index is 0.0209. The molecule has 5 nitrogen and oxygen atoms in total. The lowest BCUT2D eigenvalue weighted by Crippen LogP contribution is -2.46. The lowest BCUT2D eigenvalue weighted by Gasteiger charge is -2.42. The Hall–Kier alpha value is -0.810. The van der Waals surface area contributed by atoms with E-state index in [0.717, 1.165) is 25.7 Å².